The summed E-state index contributed by atoms with van der Waals surface area (Å²) in [5.74, 6) is -2.12. The molecule has 2 aromatic carbocycles. The maximum Gasteiger partial charge on any atom is 0.270 e. The molecular weight excluding hydrogens is 429 g/mol. The number of hydrogen-bond donors (Lipinski definition) is 1. The number of hydrogen-bond acceptors (Lipinski definition) is 5. The van der Waals surface area contributed by atoms with Crippen LogP contribution in [0.4, 0.5) is 13.2 Å². The van der Waals surface area contributed by atoms with Gasteiger partial charge in [-0.05, 0) is 42.7 Å². The number of nitrogens with one attached hydrogen (secondary N) is 1. The summed E-state index contributed by atoms with van der Waals surface area (Å²) in [7, 11) is 0. The summed E-state index contributed by atoms with van der Waals surface area (Å²) in [5.41, 5.74) is 0.735. The van der Waals surface area contributed by atoms with E-state index < -0.39 is 17.5 Å². The van der Waals surface area contributed by atoms with E-state index in [9.17, 15) is 18.0 Å². The molecule has 0 bridgehead atoms. The second-order valence-electron chi connectivity index (χ2n) is 7.09. The van der Waals surface area contributed by atoms with Crippen molar-refractivity contribution in [1.29, 1.82) is 0 Å². The van der Waals surface area contributed by atoms with Gasteiger partial charge in [-0.1, -0.05) is 0 Å². The molecule has 1 aromatic heterocycles. The third kappa shape index (κ3) is 5.42. The monoisotopic (exact) mass is 448 g/mol. The van der Waals surface area contributed by atoms with Crippen LogP contribution in [-0.4, -0.2) is 30.1 Å². The first-order valence-electron chi connectivity index (χ1n) is 9.71. The van der Waals surface area contributed by atoms with Gasteiger partial charge in [0.1, 0.15) is 40.5 Å². The molecule has 0 radical (unpaired) electrons. The van der Waals surface area contributed by atoms with Crippen LogP contribution in [0.15, 0.2) is 41.8 Å². The number of halogens is 3. The van der Waals surface area contributed by atoms with Crippen LogP contribution < -0.4 is 10.1 Å². The van der Waals surface area contributed by atoms with E-state index in [0.29, 0.717) is 23.7 Å². The van der Waals surface area contributed by atoms with Gasteiger partial charge in [-0.3, -0.25) is 4.79 Å². The molecule has 0 spiro atoms. The largest absolute Gasteiger partial charge is 0.489 e. The van der Waals surface area contributed by atoms with Crippen LogP contribution in [0.2, 0.25) is 0 Å². The lowest BCUT2D eigenvalue weighted by atomic mass is 10.2. The van der Waals surface area contributed by atoms with Crippen molar-refractivity contribution in [2.24, 2.45) is 0 Å². The van der Waals surface area contributed by atoms with Crippen LogP contribution >= 0.6 is 11.3 Å². The number of aromatic nitrogens is 1. The Morgan fingerprint density at radius 2 is 2.00 bits per heavy atom. The minimum absolute atomic E-state index is 0.0240. The van der Waals surface area contributed by atoms with Gasteiger partial charge in [0.15, 0.2) is 0 Å². The first-order valence-corrected chi connectivity index (χ1v) is 10.6. The van der Waals surface area contributed by atoms with Crippen LogP contribution in [0, 0.1) is 17.5 Å². The summed E-state index contributed by atoms with van der Waals surface area (Å²) >= 11 is 1.16. The minimum atomic E-state index is -0.709. The average molecular weight is 448 g/mol. The number of benzene rings is 2. The van der Waals surface area contributed by atoms with Crippen LogP contribution in [0.3, 0.4) is 0 Å². The number of rotatable bonds is 7. The lowest BCUT2D eigenvalue weighted by molar-refractivity contribution is 0.0854. The summed E-state index contributed by atoms with van der Waals surface area (Å²) < 4.78 is 52.0. The van der Waals surface area contributed by atoms with Crippen LogP contribution in [0.25, 0.3) is 10.6 Å². The van der Waals surface area contributed by atoms with E-state index in [2.05, 4.69) is 10.3 Å². The molecule has 9 heteroatoms. The molecule has 1 N–H and O–H groups in total. The maximum atomic E-state index is 14.6. The van der Waals surface area contributed by atoms with Crippen molar-refractivity contribution < 1.29 is 27.4 Å². The van der Waals surface area contributed by atoms with Crippen LogP contribution in [0.1, 0.15) is 28.9 Å². The predicted molar refractivity (Wildman–Crippen MR) is 110 cm³/mol. The number of carbonyl (C=O) groups is 1. The minimum Gasteiger partial charge on any atom is -0.489 e. The van der Waals surface area contributed by atoms with E-state index in [1.54, 1.807) is 5.38 Å². The first kappa shape index (κ1) is 21.3. The van der Waals surface area contributed by atoms with Gasteiger partial charge in [0.2, 0.25) is 0 Å². The van der Waals surface area contributed by atoms with E-state index in [1.165, 1.54) is 18.2 Å². The predicted octanol–water partition coefficient (Wildman–Crippen LogP) is 4.72. The number of thiazole rings is 1. The molecule has 1 aliphatic rings. The molecule has 3 aromatic rings. The van der Waals surface area contributed by atoms with Crippen LogP contribution in [-0.2, 0) is 11.3 Å². The highest BCUT2D eigenvalue weighted by molar-refractivity contribution is 7.13. The van der Waals surface area contributed by atoms with E-state index >= 15 is 0 Å². The first-order chi connectivity index (χ1) is 15.0. The van der Waals surface area contributed by atoms with Gasteiger partial charge < -0.3 is 14.8 Å². The molecular formula is C22H19F3N2O3S. The zero-order chi connectivity index (χ0) is 21.8. The van der Waals surface area contributed by atoms with Gasteiger partial charge in [0, 0.05) is 36.2 Å². The fourth-order valence-corrected chi connectivity index (χ4v) is 4.05. The second-order valence-corrected chi connectivity index (χ2v) is 7.95. The number of amides is 1. The van der Waals surface area contributed by atoms with Crippen molar-refractivity contribution in [3.8, 4) is 16.3 Å². The van der Waals surface area contributed by atoms with Crippen molar-refractivity contribution in [3.05, 3.63) is 70.5 Å². The standard InChI is InChI=1S/C22H19F3N2O3S/c23-14-6-13(7-15(24)8-14)11-30-16-3-4-18(19(25)9-16)22-27-20(12-31-22)21(28)26-10-17-2-1-5-29-17/h3-4,6-9,12,17H,1-2,5,10-11H2,(H,26,28). The van der Waals surface area contributed by atoms with E-state index in [-0.39, 0.29) is 35.6 Å². The summed E-state index contributed by atoms with van der Waals surface area (Å²) in [5, 5.41) is 4.71. The van der Waals surface area contributed by atoms with Gasteiger partial charge in [-0.15, -0.1) is 11.3 Å². The van der Waals surface area contributed by atoms with E-state index in [1.807, 2.05) is 0 Å². The number of carbonyl (C=O) groups excluding carboxylic acids is 1. The molecule has 4 rings (SSSR count). The topological polar surface area (TPSA) is 60.5 Å². The summed E-state index contributed by atoms with van der Waals surface area (Å²) in [6.45, 7) is 1.01. The Morgan fingerprint density at radius 1 is 1.19 bits per heavy atom. The van der Waals surface area contributed by atoms with Crippen molar-refractivity contribution in [2.45, 2.75) is 25.6 Å². The van der Waals surface area contributed by atoms with Gasteiger partial charge in [-0.25, -0.2) is 18.2 Å². The molecule has 1 amide bonds. The maximum absolute atomic E-state index is 14.6. The zero-order valence-electron chi connectivity index (χ0n) is 16.4. The van der Waals surface area contributed by atoms with Crippen LogP contribution in [0.5, 0.6) is 5.75 Å². The smallest absolute Gasteiger partial charge is 0.270 e. The van der Waals surface area contributed by atoms with Crippen molar-refractivity contribution in [2.75, 3.05) is 13.2 Å². The molecule has 1 saturated heterocycles. The lowest BCUT2D eigenvalue weighted by Gasteiger charge is -2.09. The SMILES string of the molecule is O=C(NCC1CCCO1)c1csc(-c2ccc(OCc3cc(F)cc(F)c3)cc2F)n1. The Balaban J connectivity index is 1.39. The van der Waals surface area contributed by atoms with Gasteiger partial charge in [-0.2, -0.15) is 0 Å². The molecule has 0 aliphatic carbocycles. The highest BCUT2D eigenvalue weighted by Crippen LogP contribution is 2.29. The normalized spacial score (nSPS) is 15.8. The fourth-order valence-electron chi connectivity index (χ4n) is 3.22. The summed E-state index contributed by atoms with van der Waals surface area (Å²) in [6, 6.07) is 7.26. The Morgan fingerprint density at radius 3 is 2.71 bits per heavy atom. The molecule has 2 heterocycles. The fraction of sp³-hybridized carbons (Fsp3) is 0.273. The van der Waals surface area contributed by atoms with Crippen molar-refractivity contribution in [3.63, 3.8) is 0 Å². The Labute approximate surface area is 180 Å². The van der Waals surface area contributed by atoms with E-state index in [0.717, 1.165) is 42.4 Å². The highest BCUT2D eigenvalue weighted by atomic mass is 32.1. The molecule has 31 heavy (non-hydrogen) atoms. The third-order valence-electron chi connectivity index (χ3n) is 4.75. The van der Waals surface area contributed by atoms with Crippen molar-refractivity contribution in [1.82, 2.24) is 10.3 Å². The van der Waals surface area contributed by atoms with Gasteiger partial charge in [0.05, 0.1) is 6.10 Å². The Bertz CT molecular complexity index is 1060. The molecule has 1 unspecified atom stereocenters. The average Bonchev–Trinajstić information content (AvgIpc) is 3.42. The van der Waals surface area contributed by atoms with Crippen molar-refractivity contribution >= 4 is 17.2 Å². The van der Waals surface area contributed by atoms with E-state index in [4.69, 9.17) is 9.47 Å². The summed E-state index contributed by atoms with van der Waals surface area (Å²) in [4.78, 5) is 16.5. The molecule has 5 nitrogen and oxygen atoms in total. The second kappa shape index (κ2) is 9.49. The molecule has 1 aliphatic heterocycles. The Kier molecular flexibility index (Phi) is 6.53. The van der Waals surface area contributed by atoms with Gasteiger partial charge in [0.25, 0.3) is 5.91 Å². The lowest BCUT2D eigenvalue weighted by Crippen LogP contribution is -2.31. The summed E-state index contributed by atoms with van der Waals surface area (Å²) in [6.07, 6.45) is 1.92. The number of ether oxygens (including phenoxy) is 2. The molecule has 0 saturated carbocycles. The quantitative estimate of drug-likeness (QED) is 0.569. The molecule has 162 valence electrons. The molecule has 1 fully saturated rings. The Hall–Kier alpha value is -2.91. The van der Waals surface area contributed by atoms with Gasteiger partial charge >= 0.3 is 0 Å². The molecule has 1 atom stereocenters. The highest BCUT2D eigenvalue weighted by Gasteiger charge is 2.19. The zero-order valence-corrected chi connectivity index (χ0v) is 17.2. The number of nitrogens with zero attached hydrogens (tertiary/aromatic N) is 1. The third-order valence-corrected chi connectivity index (χ3v) is 5.63.